The van der Waals surface area contributed by atoms with Gasteiger partial charge in [-0.05, 0) is 122 Å². The second-order valence-electron chi connectivity index (χ2n) is 12.9. The predicted molar refractivity (Wildman–Crippen MR) is 195 cm³/mol. The summed E-state index contributed by atoms with van der Waals surface area (Å²) < 4.78 is 20.2. The van der Waals surface area contributed by atoms with Crippen LogP contribution in [0.5, 0.6) is 0 Å². The van der Waals surface area contributed by atoms with E-state index in [1.807, 2.05) is 0 Å². The molecule has 0 aromatic rings. The van der Waals surface area contributed by atoms with Gasteiger partial charge in [-0.2, -0.15) is 0 Å². The van der Waals surface area contributed by atoms with Gasteiger partial charge in [0.2, 0.25) is 0 Å². The minimum absolute atomic E-state index is 0.742. The Morgan fingerprint density at radius 2 is 0.841 bits per heavy atom. The zero-order chi connectivity index (χ0) is 31.7. The third-order valence-corrected chi connectivity index (χ3v) is 11.5. The van der Waals surface area contributed by atoms with Crippen LogP contribution in [-0.4, -0.2) is 53.2 Å². The lowest BCUT2D eigenvalue weighted by Crippen LogP contribution is -2.46. The Kier molecular flexibility index (Phi) is 30.2. The Bertz CT molecular complexity index is 605. The summed E-state index contributed by atoms with van der Waals surface area (Å²) in [5.74, 6) is 0. The molecular formula is C39H75NO3Si. The second kappa shape index (κ2) is 32.2. The Morgan fingerprint density at radius 3 is 1.23 bits per heavy atom. The van der Waals surface area contributed by atoms with Gasteiger partial charge in [-0.1, -0.05) is 102 Å². The first-order valence-electron chi connectivity index (χ1n) is 19.4. The Morgan fingerprint density at radius 1 is 0.455 bits per heavy atom. The van der Waals surface area contributed by atoms with Crippen LogP contribution in [0.3, 0.4) is 0 Å². The van der Waals surface area contributed by atoms with E-state index in [9.17, 15) is 0 Å². The van der Waals surface area contributed by atoms with Crippen molar-refractivity contribution in [1.29, 1.82) is 0 Å². The van der Waals surface area contributed by atoms with Crippen molar-refractivity contribution in [3.8, 4) is 0 Å². The zero-order valence-electron chi connectivity index (χ0n) is 29.8. The Balaban J connectivity index is 2.68. The minimum atomic E-state index is -2.73. The molecule has 0 amide bonds. The summed E-state index contributed by atoms with van der Waals surface area (Å²) in [6.07, 6.45) is 42.4. The number of rotatable bonds is 32. The van der Waals surface area contributed by atoms with E-state index in [-0.39, 0.29) is 0 Å². The molecule has 0 bridgehead atoms. The molecule has 0 radical (unpaired) electrons. The zero-order valence-corrected chi connectivity index (χ0v) is 30.8. The SMILES string of the molecule is CCCCC/C=C\CCCO[Si](CCCCN1CCCCC1)(OCCC/C=C\CCCCC)OCCC/C=C\CCCCC. The molecule has 0 aromatic carbocycles. The summed E-state index contributed by atoms with van der Waals surface area (Å²) in [7, 11) is -2.73. The van der Waals surface area contributed by atoms with Crippen LogP contribution in [0.15, 0.2) is 36.5 Å². The summed E-state index contributed by atoms with van der Waals surface area (Å²) in [6, 6.07) is 0.952. The summed E-state index contributed by atoms with van der Waals surface area (Å²) >= 11 is 0. The molecule has 5 heteroatoms. The molecular weight excluding hydrogens is 559 g/mol. The highest BCUT2D eigenvalue weighted by atomic mass is 28.4. The van der Waals surface area contributed by atoms with Crippen molar-refractivity contribution >= 4 is 8.80 Å². The first-order chi connectivity index (χ1) is 21.8. The van der Waals surface area contributed by atoms with Crippen molar-refractivity contribution in [2.75, 3.05) is 39.5 Å². The van der Waals surface area contributed by atoms with E-state index >= 15 is 0 Å². The maximum absolute atomic E-state index is 6.72. The van der Waals surface area contributed by atoms with E-state index in [2.05, 4.69) is 62.1 Å². The maximum Gasteiger partial charge on any atom is 0.500 e. The number of allylic oxidation sites excluding steroid dienone is 6. The second-order valence-corrected chi connectivity index (χ2v) is 15.6. The van der Waals surface area contributed by atoms with E-state index in [4.69, 9.17) is 13.3 Å². The largest absolute Gasteiger partial charge is 0.500 e. The molecule has 0 spiro atoms. The van der Waals surface area contributed by atoms with Gasteiger partial charge in [-0.25, -0.2) is 0 Å². The number of nitrogens with zero attached hydrogens (tertiary/aromatic N) is 1. The summed E-state index contributed by atoms with van der Waals surface area (Å²) in [4.78, 5) is 2.65. The quantitative estimate of drug-likeness (QED) is 0.0419. The summed E-state index contributed by atoms with van der Waals surface area (Å²) in [6.45, 7) is 12.8. The first-order valence-corrected chi connectivity index (χ1v) is 21.3. The number of unbranched alkanes of at least 4 members (excludes halogenated alkanes) is 13. The van der Waals surface area contributed by atoms with Crippen molar-refractivity contribution in [1.82, 2.24) is 4.90 Å². The molecule has 0 saturated carbocycles. The number of likely N-dealkylation sites (tertiary alicyclic amines) is 1. The van der Waals surface area contributed by atoms with Gasteiger partial charge in [-0.15, -0.1) is 0 Å². The van der Waals surface area contributed by atoms with Gasteiger partial charge in [0.15, 0.2) is 0 Å². The van der Waals surface area contributed by atoms with Gasteiger partial charge in [-0.3, -0.25) is 0 Å². The normalized spacial score (nSPS) is 15.1. The van der Waals surface area contributed by atoms with Gasteiger partial charge in [0.1, 0.15) is 0 Å². The van der Waals surface area contributed by atoms with Gasteiger partial charge in [0.05, 0.1) is 0 Å². The lowest BCUT2D eigenvalue weighted by atomic mass is 10.1. The average Bonchev–Trinajstić information content (AvgIpc) is 3.05. The van der Waals surface area contributed by atoms with Gasteiger partial charge in [0, 0.05) is 25.9 Å². The molecule has 0 aromatic heterocycles. The Labute approximate surface area is 276 Å². The monoisotopic (exact) mass is 634 g/mol. The fourth-order valence-corrected chi connectivity index (χ4v) is 8.46. The molecule has 1 aliphatic rings. The van der Waals surface area contributed by atoms with Crippen LogP contribution in [0.2, 0.25) is 6.04 Å². The summed E-state index contributed by atoms with van der Waals surface area (Å²) in [5.41, 5.74) is 0. The average molecular weight is 634 g/mol. The smallest absolute Gasteiger partial charge is 0.373 e. The third-order valence-electron chi connectivity index (χ3n) is 8.59. The maximum atomic E-state index is 6.72. The molecule has 0 aliphatic carbocycles. The number of hydrogen-bond acceptors (Lipinski definition) is 4. The molecule has 1 saturated heterocycles. The highest BCUT2D eigenvalue weighted by molar-refractivity contribution is 6.60. The van der Waals surface area contributed by atoms with Crippen LogP contribution in [0.25, 0.3) is 0 Å². The fourth-order valence-electron chi connectivity index (χ4n) is 5.73. The van der Waals surface area contributed by atoms with E-state index in [0.717, 1.165) is 70.8 Å². The highest BCUT2D eigenvalue weighted by Gasteiger charge is 2.40. The molecule has 1 fully saturated rings. The molecule has 44 heavy (non-hydrogen) atoms. The van der Waals surface area contributed by atoms with Gasteiger partial charge >= 0.3 is 8.80 Å². The minimum Gasteiger partial charge on any atom is -0.373 e. The van der Waals surface area contributed by atoms with Crippen LogP contribution < -0.4 is 0 Å². The summed E-state index contributed by atoms with van der Waals surface area (Å²) in [5, 5.41) is 0. The standard InChI is InChI=1S/C39H75NO3Si/c1-4-7-10-13-16-19-22-29-36-41-44(39-32-28-35-40-33-26-25-27-34-40,42-37-30-23-20-17-14-11-8-5-2)43-38-31-24-21-18-15-12-9-6-3/h16-21H,4-15,22-39H2,1-3H3/b19-16-,20-17-,21-18-. The molecule has 0 atom stereocenters. The van der Waals surface area contributed by atoms with Crippen molar-refractivity contribution in [2.24, 2.45) is 0 Å². The van der Waals surface area contributed by atoms with Crippen LogP contribution in [0, 0.1) is 0 Å². The van der Waals surface area contributed by atoms with E-state index in [1.165, 1.54) is 122 Å². The third kappa shape index (κ3) is 25.5. The molecule has 1 heterocycles. The number of piperidine rings is 1. The van der Waals surface area contributed by atoms with Crippen molar-refractivity contribution in [2.45, 2.75) is 174 Å². The van der Waals surface area contributed by atoms with Gasteiger partial charge < -0.3 is 18.2 Å². The van der Waals surface area contributed by atoms with Crippen molar-refractivity contribution in [3.63, 3.8) is 0 Å². The van der Waals surface area contributed by atoms with Crippen LogP contribution in [0.1, 0.15) is 168 Å². The van der Waals surface area contributed by atoms with Crippen LogP contribution in [-0.2, 0) is 13.3 Å². The van der Waals surface area contributed by atoms with Crippen molar-refractivity contribution < 1.29 is 13.3 Å². The molecule has 0 unspecified atom stereocenters. The lowest BCUT2D eigenvalue weighted by Gasteiger charge is -2.31. The van der Waals surface area contributed by atoms with E-state index in [1.54, 1.807) is 0 Å². The topological polar surface area (TPSA) is 30.9 Å². The van der Waals surface area contributed by atoms with Crippen molar-refractivity contribution in [3.05, 3.63) is 36.5 Å². The van der Waals surface area contributed by atoms with E-state index in [0.29, 0.717) is 0 Å². The van der Waals surface area contributed by atoms with E-state index < -0.39 is 8.80 Å². The lowest BCUT2D eigenvalue weighted by molar-refractivity contribution is 0.0563. The fraction of sp³-hybridized carbons (Fsp3) is 0.846. The highest BCUT2D eigenvalue weighted by Crippen LogP contribution is 2.22. The predicted octanol–water partition coefficient (Wildman–Crippen LogP) is 12.0. The first kappa shape index (κ1) is 41.3. The molecule has 1 aliphatic heterocycles. The molecule has 258 valence electrons. The van der Waals surface area contributed by atoms with Crippen LogP contribution in [0.4, 0.5) is 0 Å². The Hall–Kier alpha value is -0.723. The molecule has 4 nitrogen and oxygen atoms in total. The number of hydrogen-bond donors (Lipinski definition) is 0. The van der Waals surface area contributed by atoms with Crippen LogP contribution >= 0.6 is 0 Å². The van der Waals surface area contributed by atoms with Gasteiger partial charge in [0.25, 0.3) is 0 Å². The molecule has 1 rings (SSSR count). The molecule has 0 N–H and O–H groups in total.